The number of para-hydroxylation sites is 2. The molecule has 2 unspecified atom stereocenters. The van der Waals surface area contributed by atoms with E-state index in [2.05, 4.69) is 22.1 Å². The number of carbonyl (C=O) groups excluding carboxylic acids is 1. The van der Waals surface area contributed by atoms with Crippen LogP contribution in [0.3, 0.4) is 0 Å². The molecule has 1 heterocycles. The van der Waals surface area contributed by atoms with Crippen molar-refractivity contribution >= 4 is 29.0 Å². The number of nitrogens with zero attached hydrogens (tertiary/aromatic N) is 4. The average molecular weight is 502 g/mol. The number of benzene rings is 2. The Morgan fingerprint density at radius 1 is 1.29 bits per heavy atom. The fraction of sp³-hybridized carbons (Fsp3) is 0.261. The highest BCUT2D eigenvalue weighted by molar-refractivity contribution is 8.00. The van der Waals surface area contributed by atoms with Crippen molar-refractivity contribution in [3.63, 3.8) is 0 Å². The lowest BCUT2D eigenvalue weighted by atomic mass is 10.2. The van der Waals surface area contributed by atoms with E-state index in [0.717, 1.165) is 23.9 Å². The summed E-state index contributed by atoms with van der Waals surface area (Å²) in [4.78, 5) is 22.8. The molecule has 0 bridgehead atoms. The van der Waals surface area contributed by atoms with Gasteiger partial charge in [-0.2, -0.15) is 4.39 Å². The fourth-order valence-electron chi connectivity index (χ4n) is 3.13. The largest absolute Gasteiger partial charge is 0.493 e. The number of carbonyl (C=O) groups is 1. The van der Waals surface area contributed by atoms with E-state index in [1.165, 1.54) is 6.07 Å². The van der Waals surface area contributed by atoms with Crippen LogP contribution in [0, 0.1) is 15.9 Å². The molecule has 0 saturated heterocycles. The molecule has 1 N–H and O–H groups in total. The van der Waals surface area contributed by atoms with Crippen molar-refractivity contribution in [2.24, 2.45) is 0 Å². The maximum atomic E-state index is 13.6. The Labute approximate surface area is 205 Å². The minimum absolute atomic E-state index is 0.114. The van der Waals surface area contributed by atoms with E-state index in [0.29, 0.717) is 29.0 Å². The van der Waals surface area contributed by atoms with Gasteiger partial charge in [0.25, 0.3) is 0 Å². The molecule has 184 valence electrons. The predicted molar refractivity (Wildman–Crippen MR) is 129 cm³/mol. The lowest BCUT2D eigenvalue weighted by Crippen LogP contribution is -2.23. The lowest BCUT2D eigenvalue weighted by molar-refractivity contribution is -0.387. The highest BCUT2D eigenvalue weighted by atomic mass is 32.2. The summed E-state index contributed by atoms with van der Waals surface area (Å²) in [5, 5.41) is 21.8. The summed E-state index contributed by atoms with van der Waals surface area (Å²) >= 11 is 1.14. The van der Waals surface area contributed by atoms with Gasteiger partial charge in [0.15, 0.2) is 28.6 Å². The van der Waals surface area contributed by atoms with Gasteiger partial charge < -0.3 is 14.8 Å². The fourth-order valence-corrected chi connectivity index (χ4v) is 4.00. The van der Waals surface area contributed by atoms with Gasteiger partial charge in [-0.15, -0.1) is 16.8 Å². The number of allylic oxidation sites excluding steroid dienone is 1. The van der Waals surface area contributed by atoms with E-state index in [1.807, 2.05) is 19.1 Å². The van der Waals surface area contributed by atoms with Crippen LogP contribution in [-0.4, -0.2) is 38.0 Å². The van der Waals surface area contributed by atoms with Gasteiger partial charge in [-0.05, 0) is 38.1 Å². The van der Waals surface area contributed by atoms with Gasteiger partial charge in [-0.25, -0.2) is 0 Å². The molecule has 0 radical (unpaired) electrons. The number of halogens is 1. The standard InChI is InChI=1S/C23H24FN5O5S/c1-5-12-28-21(14(2)34-20-9-7-6-8-19(20)33-4)26-27-23(28)35-15(3)22(30)25-16-10-11-17(24)18(13-16)29(31)32/h5-11,13-15H,1,12H2,2-4H3,(H,25,30). The normalized spacial score (nSPS) is 12.5. The molecular formula is C23H24FN5O5S. The zero-order chi connectivity index (χ0) is 25.5. The lowest BCUT2D eigenvalue weighted by Gasteiger charge is -2.18. The molecular weight excluding hydrogens is 477 g/mol. The Bertz CT molecular complexity index is 1230. The summed E-state index contributed by atoms with van der Waals surface area (Å²) in [5.74, 6) is 0.231. The topological polar surface area (TPSA) is 121 Å². The molecule has 0 saturated carbocycles. The predicted octanol–water partition coefficient (Wildman–Crippen LogP) is 4.78. The summed E-state index contributed by atoms with van der Waals surface area (Å²) in [6, 6.07) is 10.4. The molecule has 0 spiro atoms. The zero-order valence-corrected chi connectivity index (χ0v) is 20.1. The molecule has 0 fully saturated rings. The Morgan fingerprint density at radius 3 is 2.66 bits per heavy atom. The van der Waals surface area contributed by atoms with E-state index in [9.17, 15) is 19.3 Å². The van der Waals surface area contributed by atoms with Gasteiger partial charge in [0, 0.05) is 18.3 Å². The van der Waals surface area contributed by atoms with Gasteiger partial charge in [0.1, 0.15) is 0 Å². The first-order valence-corrected chi connectivity index (χ1v) is 11.4. The van der Waals surface area contributed by atoms with E-state index in [4.69, 9.17) is 9.47 Å². The van der Waals surface area contributed by atoms with Crippen molar-refractivity contribution in [2.75, 3.05) is 12.4 Å². The Morgan fingerprint density at radius 2 is 2.00 bits per heavy atom. The molecule has 2 atom stereocenters. The van der Waals surface area contributed by atoms with Crippen molar-refractivity contribution < 1.29 is 23.6 Å². The number of nitrogens with one attached hydrogen (secondary N) is 1. The number of hydrogen-bond acceptors (Lipinski definition) is 8. The van der Waals surface area contributed by atoms with Crippen LogP contribution in [0.2, 0.25) is 0 Å². The Hall–Kier alpha value is -3.93. The minimum Gasteiger partial charge on any atom is -0.493 e. The molecule has 12 heteroatoms. The van der Waals surface area contributed by atoms with Crippen LogP contribution in [-0.2, 0) is 11.3 Å². The van der Waals surface area contributed by atoms with Crippen molar-refractivity contribution in [3.05, 3.63) is 76.9 Å². The highest BCUT2D eigenvalue weighted by Gasteiger charge is 2.24. The van der Waals surface area contributed by atoms with Crippen molar-refractivity contribution in [2.45, 2.75) is 36.9 Å². The van der Waals surface area contributed by atoms with Gasteiger partial charge in [0.2, 0.25) is 11.7 Å². The van der Waals surface area contributed by atoms with Crippen LogP contribution in [0.5, 0.6) is 11.5 Å². The van der Waals surface area contributed by atoms with E-state index in [1.54, 1.807) is 36.8 Å². The number of ether oxygens (including phenoxy) is 2. The molecule has 1 amide bonds. The number of anilines is 1. The molecule has 3 aromatic rings. The number of nitro groups is 1. The SMILES string of the molecule is C=CCn1c(SC(C)C(=O)Nc2ccc(F)c([N+](=O)[O-])c2)nnc1C(C)Oc1ccccc1OC. The van der Waals surface area contributed by atoms with Gasteiger partial charge in [-0.3, -0.25) is 19.5 Å². The van der Waals surface area contributed by atoms with Crippen LogP contribution >= 0.6 is 11.8 Å². The molecule has 10 nitrogen and oxygen atoms in total. The number of hydrogen-bond donors (Lipinski definition) is 1. The zero-order valence-electron chi connectivity index (χ0n) is 19.3. The second kappa shape index (κ2) is 11.5. The molecule has 0 aliphatic heterocycles. The maximum Gasteiger partial charge on any atom is 0.306 e. The second-order valence-corrected chi connectivity index (χ2v) is 8.63. The van der Waals surface area contributed by atoms with Crippen LogP contribution in [0.25, 0.3) is 0 Å². The van der Waals surface area contributed by atoms with E-state index in [-0.39, 0.29) is 5.69 Å². The first kappa shape index (κ1) is 25.7. The summed E-state index contributed by atoms with van der Waals surface area (Å²) < 4.78 is 26.7. The number of methoxy groups -OCH3 is 1. The third kappa shape index (κ3) is 6.15. The summed E-state index contributed by atoms with van der Waals surface area (Å²) in [6.07, 6.45) is 1.19. The molecule has 2 aromatic carbocycles. The monoisotopic (exact) mass is 501 g/mol. The highest BCUT2D eigenvalue weighted by Crippen LogP contribution is 2.32. The van der Waals surface area contributed by atoms with Crippen LogP contribution < -0.4 is 14.8 Å². The summed E-state index contributed by atoms with van der Waals surface area (Å²) in [7, 11) is 1.55. The average Bonchev–Trinajstić information content (AvgIpc) is 3.22. The molecule has 0 aliphatic rings. The molecule has 1 aromatic heterocycles. The van der Waals surface area contributed by atoms with Crippen molar-refractivity contribution in [1.29, 1.82) is 0 Å². The second-order valence-electron chi connectivity index (χ2n) is 7.32. The number of amides is 1. The van der Waals surface area contributed by atoms with Crippen LogP contribution in [0.15, 0.2) is 60.3 Å². The minimum atomic E-state index is -0.982. The van der Waals surface area contributed by atoms with Gasteiger partial charge in [0.05, 0.1) is 17.3 Å². The molecule has 3 rings (SSSR count). The molecule has 35 heavy (non-hydrogen) atoms. The number of rotatable bonds is 11. The third-order valence-corrected chi connectivity index (χ3v) is 5.94. The first-order valence-electron chi connectivity index (χ1n) is 10.5. The maximum absolute atomic E-state index is 13.6. The number of aromatic nitrogens is 3. The third-order valence-electron chi connectivity index (χ3n) is 4.86. The van der Waals surface area contributed by atoms with Crippen LogP contribution in [0.1, 0.15) is 25.8 Å². The Balaban J connectivity index is 1.75. The quantitative estimate of drug-likeness (QED) is 0.172. The first-order chi connectivity index (χ1) is 16.7. The van der Waals surface area contributed by atoms with E-state index < -0.39 is 33.7 Å². The summed E-state index contributed by atoms with van der Waals surface area (Å²) in [5.41, 5.74) is -0.606. The Kier molecular flexibility index (Phi) is 8.42. The van der Waals surface area contributed by atoms with Gasteiger partial charge >= 0.3 is 5.69 Å². The summed E-state index contributed by atoms with van der Waals surface area (Å²) in [6.45, 7) is 7.63. The van der Waals surface area contributed by atoms with Crippen LogP contribution in [0.4, 0.5) is 15.8 Å². The smallest absolute Gasteiger partial charge is 0.306 e. The van der Waals surface area contributed by atoms with Crippen molar-refractivity contribution in [3.8, 4) is 11.5 Å². The van der Waals surface area contributed by atoms with E-state index >= 15 is 0 Å². The number of thioether (sulfide) groups is 1. The van der Waals surface area contributed by atoms with Gasteiger partial charge in [-0.1, -0.05) is 30.0 Å². The molecule has 0 aliphatic carbocycles. The number of nitro benzene ring substituents is 1. The van der Waals surface area contributed by atoms with Crippen molar-refractivity contribution in [1.82, 2.24) is 14.8 Å².